The lowest BCUT2D eigenvalue weighted by Crippen LogP contribution is -2.32. The molecular formula is C19H24N2O. The van der Waals surface area contributed by atoms with Crippen LogP contribution in [0, 0.1) is 0 Å². The number of para-hydroxylation sites is 1. The van der Waals surface area contributed by atoms with Gasteiger partial charge in [-0.3, -0.25) is 9.88 Å². The number of unbranched alkanes of at least 4 members (excludes halogenated alkanes) is 1. The molecule has 1 atom stereocenters. The summed E-state index contributed by atoms with van der Waals surface area (Å²) in [4.78, 5) is 6.59. The molecule has 0 radical (unpaired) electrons. The van der Waals surface area contributed by atoms with E-state index in [1.807, 2.05) is 12.4 Å². The van der Waals surface area contributed by atoms with Crippen LogP contribution in [0.15, 0.2) is 48.8 Å². The van der Waals surface area contributed by atoms with Crippen LogP contribution in [0.2, 0.25) is 0 Å². The van der Waals surface area contributed by atoms with Crippen LogP contribution in [0.4, 0.5) is 0 Å². The Hall–Kier alpha value is -1.87. The first-order chi connectivity index (χ1) is 10.8. The maximum atomic E-state index is 6.27. The molecule has 0 saturated carbocycles. The van der Waals surface area contributed by atoms with Crippen molar-refractivity contribution in [1.29, 1.82) is 0 Å². The Kier molecular flexibility index (Phi) is 5.07. The highest BCUT2D eigenvalue weighted by Crippen LogP contribution is 2.27. The Morgan fingerprint density at radius 1 is 1.18 bits per heavy atom. The van der Waals surface area contributed by atoms with Crippen LogP contribution >= 0.6 is 0 Å². The molecule has 22 heavy (non-hydrogen) atoms. The number of benzene rings is 1. The summed E-state index contributed by atoms with van der Waals surface area (Å²) in [6.45, 7) is 5.11. The predicted octanol–water partition coefficient (Wildman–Crippen LogP) is 4.04. The van der Waals surface area contributed by atoms with E-state index in [-0.39, 0.29) is 6.10 Å². The average Bonchev–Trinajstić information content (AvgIpc) is 2.72. The maximum absolute atomic E-state index is 6.27. The van der Waals surface area contributed by atoms with Gasteiger partial charge in [-0.15, -0.1) is 0 Å². The van der Waals surface area contributed by atoms with Crippen molar-refractivity contribution in [3.8, 4) is 5.75 Å². The molecule has 1 aliphatic rings. The smallest absolute Gasteiger partial charge is 0.124 e. The van der Waals surface area contributed by atoms with Crippen molar-refractivity contribution < 1.29 is 4.74 Å². The van der Waals surface area contributed by atoms with Gasteiger partial charge >= 0.3 is 0 Å². The summed E-state index contributed by atoms with van der Waals surface area (Å²) in [6, 6.07) is 12.6. The monoisotopic (exact) mass is 296 g/mol. The van der Waals surface area contributed by atoms with Gasteiger partial charge in [0.05, 0.1) is 0 Å². The standard InChI is InChI=1S/C19H24N2O/c1-2-3-7-18-15-21(13-16-9-11-20-12-10-16)14-17-6-4-5-8-19(17)22-18/h4-6,8-12,18H,2-3,7,13-15H2,1H3/t18-/m0/s1. The van der Waals surface area contributed by atoms with Crippen molar-refractivity contribution in [2.75, 3.05) is 6.54 Å². The Morgan fingerprint density at radius 3 is 2.82 bits per heavy atom. The second-order valence-electron chi connectivity index (χ2n) is 6.01. The van der Waals surface area contributed by atoms with Crippen LogP contribution in [0.1, 0.15) is 37.3 Å². The molecule has 0 fully saturated rings. The van der Waals surface area contributed by atoms with Gasteiger partial charge in [-0.05, 0) is 36.6 Å². The summed E-state index contributed by atoms with van der Waals surface area (Å²) in [7, 11) is 0. The fourth-order valence-electron chi connectivity index (χ4n) is 3.01. The van der Waals surface area contributed by atoms with E-state index in [0.29, 0.717) is 0 Å². The zero-order chi connectivity index (χ0) is 15.2. The summed E-state index contributed by atoms with van der Waals surface area (Å²) < 4.78 is 6.27. The average molecular weight is 296 g/mol. The van der Waals surface area contributed by atoms with Crippen molar-refractivity contribution >= 4 is 0 Å². The Labute approximate surface area is 132 Å². The fourth-order valence-corrected chi connectivity index (χ4v) is 3.01. The highest BCUT2D eigenvalue weighted by Gasteiger charge is 2.22. The topological polar surface area (TPSA) is 25.4 Å². The highest BCUT2D eigenvalue weighted by atomic mass is 16.5. The van der Waals surface area contributed by atoms with E-state index in [9.17, 15) is 0 Å². The molecule has 0 bridgehead atoms. The number of pyridine rings is 1. The molecule has 0 amide bonds. The molecule has 0 spiro atoms. The molecular weight excluding hydrogens is 272 g/mol. The molecule has 3 heteroatoms. The number of ether oxygens (including phenoxy) is 1. The number of hydrogen-bond acceptors (Lipinski definition) is 3. The quantitative estimate of drug-likeness (QED) is 0.833. The van der Waals surface area contributed by atoms with E-state index in [4.69, 9.17) is 4.74 Å². The third-order valence-electron chi connectivity index (χ3n) is 4.16. The van der Waals surface area contributed by atoms with Gasteiger partial charge < -0.3 is 4.74 Å². The Balaban J connectivity index is 1.77. The molecule has 2 aromatic rings. The van der Waals surface area contributed by atoms with E-state index in [1.165, 1.54) is 24.0 Å². The summed E-state index contributed by atoms with van der Waals surface area (Å²) in [6.07, 6.45) is 7.57. The molecule has 3 nitrogen and oxygen atoms in total. The second-order valence-corrected chi connectivity index (χ2v) is 6.01. The van der Waals surface area contributed by atoms with Gasteiger partial charge in [-0.1, -0.05) is 31.5 Å². The van der Waals surface area contributed by atoms with Crippen LogP contribution in [0.5, 0.6) is 5.75 Å². The van der Waals surface area contributed by atoms with Crippen LogP contribution in [-0.2, 0) is 13.1 Å². The number of hydrogen-bond donors (Lipinski definition) is 0. The minimum absolute atomic E-state index is 0.283. The number of nitrogens with zero attached hydrogens (tertiary/aromatic N) is 2. The van der Waals surface area contributed by atoms with E-state index in [2.05, 4.69) is 53.2 Å². The molecule has 0 N–H and O–H groups in total. The van der Waals surface area contributed by atoms with Crippen LogP contribution < -0.4 is 4.74 Å². The van der Waals surface area contributed by atoms with Crippen LogP contribution in [0.25, 0.3) is 0 Å². The lowest BCUT2D eigenvalue weighted by atomic mass is 10.1. The molecule has 116 valence electrons. The second kappa shape index (κ2) is 7.41. The molecule has 0 saturated heterocycles. The molecule has 1 aromatic heterocycles. The van der Waals surface area contributed by atoms with E-state index < -0.39 is 0 Å². The lowest BCUT2D eigenvalue weighted by Gasteiger charge is -2.24. The molecule has 0 aliphatic carbocycles. The maximum Gasteiger partial charge on any atom is 0.124 e. The van der Waals surface area contributed by atoms with Crippen molar-refractivity contribution in [3.63, 3.8) is 0 Å². The van der Waals surface area contributed by atoms with Gasteiger partial charge in [0.25, 0.3) is 0 Å². The molecule has 3 rings (SSSR count). The zero-order valence-electron chi connectivity index (χ0n) is 13.2. The number of fused-ring (bicyclic) bond motifs is 1. The van der Waals surface area contributed by atoms with Gasteiger partial charge in [0.15, 0.2) is 0 Å². The van der Waals surface area contributed by atoms with Gasteiger partial charge in [-0.2, -0.15) is 0 Å². The van der Waals surface area contributed by atoms with Crippen molar-refractivity contribution in [3.05, 3.63) is 59.9 Å². The largest absolute Gasteiger partial charge is 0.489 e. The fraction of sp³-hybridized carbons (Fsp3) is 0.421. The molecule has 1 aromatic carbocycles. The van der Waals surface area contributed by atoms with Crippen LogP contribution in [-0.4, -0.2) is 22.5 Å². The highest BCUT2D eigenvalue weighted by molar-refractivity contribution is 5.34. The third kappa shape index (κ3) is 3.86. The molecule has 2 heterocycles. The first kappa shape index (κ1) is 15.0. The third-order valence-corrected chi connectivity index (χ3v) is 4.16. The van der Waals surface area contributed by atoms with Crippen molar-refractivity contribution in [1.82, 2.24) is 9.88 Å². The van der Waals surface area contributed by atoms with E-state index in [1.54, 1.807) is 0 Å². The first-order valence-electron chi connectivity index (χ1n) is 8.21. The summed E-state index contributed by atoms with van der Waals surface area (Å²) in [5, 5.41) is 0. The van der Waals surface area contributed by atoms with Crippen LogP contribution in [0.3, 0.4) is 0 Å². The first-order valence-corrected chi connectivity index (χ1v) is 8.21. The minimum Gasteiger partial charge on any atom is -0.489 e. The Bertz CT molecular complexity index is 585. The Morgan fingerprint density at radius 2 is 2.00 bits per heavy atom. The van der Waals surface area contributed by atoms with Gasteiger partial charge in [0, 0.05) is 37.6 Å². The van der Waals surface area contributed by atoms with Crippen molar-refractivity contribution in [2.45, 2.75) is 45.4 Å². The number of aromatic nitrogens is 1. The van der Waals surface area contributed by atoms with E-state index >= 15 is 0 Å². The molecule has 0 unspecified atom stereocenters. The predicted molar refractivity (Wildman–Crippen MR) is 88.7 cm³/mol. The minimum atomic E-state index is 0.283. The van der Waals surface area contributed by atoms with Gasteiger partial charge in [0.1, 0.15) is 11.9 Å². The lowest BCUT2D eigenvalue weighted by molar-refractivity contribution is 0.133. The van der Waals surface area contributed by atoms with E-state index in [0.717, 1.165) is 31.8 Å². The summed E-state index contributed by atoms with van der Waals surface area (Å²) >= 11 is 0. The number of rotatable bonds is 5. The van der Waals surface area contributed by atoms with Gasteiger partial charge in [0.2, 0.25) is 0 Å². The van der Waals surface area contributed by atoms with Crippen molar-refractivity contribution in [2.24, 2.45) is 0 Å². The zero-order valence-corrected chi connectivity index (χ0v) is 13.2. The summed E-state index contributed by atoms with van der Waals surface area (Å²) in [5.74, 6) is 1.06. The molecule has 1 aliphatic heterocycles. The summed E-state index contributed by atoms with van der Waals surface area (Å²) in [5.41, 5.74) is 2.60. The SMILES string of the molecule is CCCC[C@H]1CN(Cc2ccncc2)Cc2ccccc2O1. The normalized spacial score (nSPS) is 18.3. The van der Waals surface area contributed by atoms with Gasteiger partial charge in [-0.25, -0.2) is 0 Å².